The first-order valence-electron chi connectivity index (χ1n) is 7.98. The second-order valence-electron chi connectivity index (χ2n) is 5.31. The highest BCUT2D eigenvalue weighted by atomic mass is 35.5. The van der Waals surface area contributed by atoms with E-state index in [2.05, 4.69) is 22.4 Å². The van der Waals surface area contributed by atoms with Crippen LogP contribution in [0, 0.1) is 0 Å². The second-order valence-corrected chi connectivity index (χ2v) is 6.16. The molecule has 1 aliphatic heterocycles. The molecule has 0 aliphatic carbocycles. The van der Waals surface area contributed by atoms with Crippen molar-refractivity contribution in [3.8, 4) is 0 Å². The van der Waals surface area contributed by atoms with Gasteiger partial charge < -0.3 is 14.5 Å². The number of nitrogens with zero attached hydrogens (tertiary/aromatic N) is 3. The Kier molecular flexibility index (Phi) is 7.15. The number of anilines is 1. The molecule has 0 unspecified atom stereocenters. The molecule has 0 aromatic heterocycles. The quantitative estimate of drug-likeness (QED) is 0.381. The van der Waals surface area contributed by atoms with Gasteiger partial charge in [-0.2, -0.15) is 0 Å². The van der Waals surface area contributed by atoms with Crippen LogP contribution in [0.3, 0.4) is 0 Å². The van der Waals surface area contributed by atoms with Crippen molar-refractivity contribution in [2.75, 3.05) is 44.8 Å². The molecule has 0 saturated carbocycles. The number of hydrogen-bond donors (Lipinski definition) is 1. The summed E-state index contributed by atoms with van der Waals surface area (Å²) in [7, 11) is 0. The maximum absolute atomic E-state index is 12.3. The fourth-order valence-corrected chi connectivity index (χ4v) is 2.75. The predicted molar refractivity (Wildman–Crippen MR) is 97.8 cm³/mol. The van der Waals surface area contributed by atoms with Crippen LogP contribution in [0.4, 0.5) is 5.69 Å². The highest BCUT2D eigenvalue weighted by Gasteiger charge is 2.25. The number of amidine groups is 1. The number of piperazine rings is 1. The monoisotopic (exact) mass is 372 g/mol. The number of likely N-dealkylation sites (N-methyl/N-ethyl adjacent to an activating group) is 1. The van der Waals surface area contributed by atoms with Crippen molar-refractivity contribution in [1.82, 2.24) is 9.80 Å². The molecule has 1 aromatic rings. The molecule has 1 aromatic carbocycles. The van der Waals surface area contributed by atoms with E-state index in [0.717, 1.165) is 32.7 Å². The molecule has 1 N–H and O–H groups in total. The van der Waals surface area contributed by atoms with E-state index in [1.807, 2.05) is 4.90 Å². The molecule has 0 amide bonds. The lowest BCUT2D eigenvalue weighted by Gasteiger charge is -2.34. The van der Waals surface area contributed by atoms with Crippen molar-refractivity contribution in [2.45, 2.75) is 13.8 Å². The molecule has 0 atom stereocenters. The standard InChI is InChI=1S/C16H22Cl2N4O2/c1-3-21-7-9-22(10-8-21)15(16(23)24-4-2)20-19-14-11-12(17)5-6-13(14)18/h5-6,11,19H,3-4,7-10H2,1-2H3. The van der Waals surface area contributed by atoms with Crippen molar-refractivity contribution in [2.24, 2.45) is 5.10 Å². The molecule has 1 fully saturated rings. The lowest BCUT2D eigenvalue weighted by molar-refractivity contribution is -0.136. The SMILES string of the molecule is CCOC(=O)C(=NNc1cc(Cl)ccc1Cl)N1CCN(CC)CC1. The third-order valence-corrected chi connectivity index (χ3v) is 4.35. The Hall–Kier alpha value is -1.50. The van der Waals surface area contributed by atoms with Crippen molar-refractivity contribution in [3.05, 3.63) is 28.2 Å². The Morgan fingerprint density at radius 1 is 1.25 bits per heavy atom. The first-order chi connectivity index (χ1) is 11.5. The van der Waals surface area contributed by atoms with E-state index in [-0.39, 0.29) is 5.84 Å². The molecule has 24 heavy (non-hydrogen) atoms. The van der Waals surface area contributed by atoms with Gasteiger partial charge in [-0.25, -0.2) is 4.79 Å². The number of hydrazone groups is 1. The van der Waals surface area contributed by atoms with Crippen molar-refractivity contribution >= 4 is 40.7 Å². The molecule has 8 heteroatoms. The first kappa shape index (κ1) is 18.8. The fourth-order valence-electron chi connectivity index (χ4n) is 2.41. The normalized spacial score (nSPS) is 16.2. The van der Waals surface area contributed by atoms with Gasteiger partial charge in [0.05, 0.1) is 17.3 Å². The summed E-state index contributed by atoms with van der Waals surface area (Å²) < 4.78 is 5.13. The third-order valence-electron chi connectivity index (χ3n) is 3.79. The molecule has 2 rings (SSSR count). The van der Waals surface area contributed by atoms with Crippen LogP contribution >= 0.6 is 23.2 Å². The maximum atomic E-state index is 12.3. The predicted octanol–water partition coefficient (Wildman–Crippen LogP) is 2.92. The van der Waals surface area contributed by atoms with Gasteiger partial charge in [0.15, 0.2) is 0 Å². The van der Waals surface area contributed by atoms with E-state index in [9.17, 15) is 4.79 Å². The average Bonchev–Trinajstić information content (AvgIpc) is 2.59. The summed E-state index contributed by atoms with van der Waals surface area (Å²) in [5.74, 6) is -0.197. The number of hydrogen-bond acceptors (Lipinski definition) is 5. The molecular formula is C16H22Cl2N4O2. The zero-order valence-electron chi connectivity index (χ0n) is 13.9. The van der Waals surface area contributed by atoms with Crippen LogP contribution in [-0.4, -0.2) is 60.9 Å². The highest BCUT2D eigenvalue weighted by molar-refractivity contribution is 6.36. The summed E-state index contributed by atoms with van der Waals surface area (Å²) in [6.07, 6.45) is 0. The summed E-state index contributed by atoms with van der Waals surface area (Å²) in [5, 5.41) is 5.25. The Morgan fingerprint density at radius 2 is 1.96 bits per heavy atom. The Balaban J connectivity index is 2.16. The minimum Gasteiger partial charge on any atom is -0.460 e. The van der Waals surface area contributed by atoms with Gasteiger partial charge in [0.2, 0.25) is 5.84 Å². The Labute approximate surface area is 152 Å². The molecule has 1 aliphatic rings. The number of nitrogens with one attached hydrogen (secondary N) is 1. The summed E-state index contributed by atoms with van der Waals surface area (Å²) >= 11 is 12.1. The highest BCUT2D eigenvalue weighted by Crippen LogP contribution is 2.25. The molecular weight excluding hydrogens is 351 g/mol. The van der Waals surface area contributed by atoms with Crippen LogP contribution in [0.15, 0.2) is 23.3 Å². The first-order valence-corrected chi connectivity index (χ1v) is 8.74. The van der Waals surface area contributed by atoms with Gasteiger partial charge in [-0.3, -0.25) is 5.43 Å². The summed E-state index contributed by atoms with van der Waals surface area (Å²) in [4.78, 5) is 16.5. The number of carbonyl (C=O) groups excluding carboxylic acids is 1. The van der Waals surface area contributed by atoms with Crippen LogP contribution < -0.4 is 5.43 Å². The van der Waals surface area contributed by atoms with Gasteiger partial charge in [0, 0.05) is 31.2 Å². The number of esters is 1. The molecule has 6 nitrogen and oxygen atoms in total. The number of carbonyl (C=O) groups is 1. The summed E-state index contributed by atoms with van der Waals surface area (Å²) in [6, 6.07) is 5.02. The van der Waals surface area contributed by atoms with Gasteiger partial charge in [0.25, 0.3) is 0 Å². The lowest BCUT2D eigenvalue weighted by Crippen LogP contribution is -2.51. The van der Waals surface area contributed by atoms with Gasteiger partial charge >= 0.3 is 5.97 Å². The zero-order valence-corrected chi connectivity index (χ0v) is 15.4. The van der Waals surface area contributed by atoms with Gasteiger partial charge in [-0.1, -0.05) is 30.1 Å². The minimum atomic E-state index is -0.451. The van der Waals surface area contributed by atoms with Gasteiger partial charge in [0.1, 0.15) is 0 Å². The number of halogens is 2. The van der Waals surface area contributed by atoms with Crippen LogP contribution in [0.1, 0.15) is 13.8 Å². The largest absolute Gasteiger partial charge is 0.460 e. The van der Waals surface area contributed by atoms with E-state index < -0.39 is 5.97 Å². The summed E-state index contributed by atoms with van der Waals surface area (Å²) in [5.41, 5.74) is 3.37. The van der Waals surface area contributed by atoms with E-state index in [1.54, 1.807) is 25.1 Å². The van der Waals surface area contributed by atoms with E-state index >= 15 is 0 Å². The van der Waals surface area contributed by atoms with E-state index in [4.69, 9.17) is 27.9 Å². The number of ether oxygens (including phenoxy) is 1. The van der Waals surface area contributed by atoms with E-state index in [0.29, 0.717) is 22.3 Å². The maximum Gasteiger partial charge on any atom is 0.375 e. The van der Waals surface area contributed by atoms with Crippen LogP contribution in [0.5, 0.6) is 0 Å². The van der Waals surface area contributed by atoms with Crippen LogP contribution in [-0.2, 0) is 9.53 Å². The topological polar surface area (TPSA) is 57.2 Å². The average molecular weight is 373 g/mol. The van der Waals surface area contributed by atoms with Crippen molar-refractivity contribution < 1.29 is 9.53 Å². The molecule has 1 saturated heterocycles. The number of benzene rings is 1. The molecule has 1 heterocycles. The fraction of sp³-hybridized carbons (Fsp3) is 0.500. The zero-order chi connectivity index (χ0) is 17.5. The van der Waals surface area contributed by atoms with Gasteiger partial charge in [-0.15, -0.1) is 5.10 Å². The second kappa shape index (κ2) is 9.11. The molecule has 132 valence electrons. The molecule has 0 radical (unpaired) electrons. The summed E-state index contributed by atoms with van der Waals surface area (Å²) in [6.45, 7) is 8.39. The van der Waals surface area contributed by atoms with Gasteiger partial charge in [-0.05, 0) is 31.7 Å². The third kappa shape index (κ3) is 5.00. The van der Waals surface area contributed by atoms with Crippen molar-refractivity contribution in [3.63, 3.8) is 0 Å². The smallest absolute Gasteiger partial charge is 0.375 e. The molecule has 0 bridgehead atoms. The van der Waals surface area contributed by atoms with Crippen LogP contribution in [0.25, 0.3) is 0 Å². The van der Waals surface area contributed by atoms with Crippen molar-refractivity contribution in [1.29, 1.82) is 0 Å². The van der Waals surface area contributed by atoms with E-state index in [1.165, 1.54) is 0 Å². The van der Waals surface area contributed by atoms with Crippen LogP contribution in [0.2, 0.25) is 10.0 Å². The Bertz CT molecular complexity index is 602. The lowest BCUT2D eigenvalue weighted by atomic mass is 10.3. The minimum absolute atomic E-state index is 0.253. The molecule has 0 spiro atoms. The number of rotatable bonds is 4. The Morgan fingerprint density at radius 3 is 2.58 bits per heavy atom.